The molecule has 1 aliphatic heterocycles. The third-order valence-electron chi connectivity index (χ3n) is 3.70. The van der Waals surface area contributed by atoms with Gasteiger partial charge in [-0.3, -0.25) is 19.0 Å². The summed E-state index contributed by atoms with van der Waals surface area (Å²) in [5.41, 5.74) is 0.796. The first-order valence-corrected chi connectivity index (χ1v) is 9.23. The Bertz CT molecular complexity index is 1020. The summed E-state index contributed by atoms with van der Waals surface area (Å²) in [6.45, 7) is 0.0605. The van der Waals surface area contributed by atoms with Gasteiger partial charge in [0.2, 0.25) is 0 Å². The van der Waals surface area contributed by atoms with Crippen LogP contribution in [0.15, 0.2) is 70.2 Å². The van der Waals surface area contributed by atoms with E-state index in [4.69, 9.17) is 16.2 Å². The molecule has 0 bridgehead atoms. The highest BCUT2D eigenvalue weighted by Gasteiger charge is 2.37. The SMILES string of the molecule is O=C1C(Cl)=C(Nc2cccc(S(=O)(=O)O)c2)C(=O)N1Cc1ccccc1. The molecule has 0 unspecified atom stereocenters. The van der Waals surface area contributed by atoms with Crippen LogP contribution in [0.4, 0.5) is 5.69 Å². The molecule has 0 aromatic heterocycles. The van der Waals surface area contributed by atoms with Crippen LogP contribution in [0.2, 0.25) is 0 Å². The van der Waals surface area contributed by atoms with Crippen molar-refractivity contribution in [3.05, 3.63) is 70.9 Å². The summed E-state index contributed by atoms with van der Waals surface area (Å²) in [5, 5.41) is 2.37. The number of imide groups is 1. The lowest BCUT2D eigenvalue weighted by Gasteiger charge is -2.15. The lowest BCUT2D eigenvalue weighted by Crippen LogP contribution is -2.31. The summed E-state index contributed by atoms with van der Waals surface area (Å²) >= 11 is 6.00. The van der Waals surface area contributed by atoms with Crippen molar-refractivity contribution in [1.29, 1.82) is 0 Å². The molecule has 0 radical (unpaired) electrons. The zero-order valence-corrected chi connectivity index (χ0v) is 14.8. The summed E-state index contributed by atoms with van der Waals surface area (Å²) < 4.78 is 31.5. The maximum absolute atomic E-state index is 12.5. The first kappa shape index (κ1) is 18.1. The van der Waals surface area contributed by atoms with E-state index >= 15 is 0 Å². The lowest BCUT2D eigenvalue weighted by molar-refractivity contribution is -0.138. The summed E-state index contributed by atoms with van der Waals surface area (Å²) in [7, 11) is -4.40. The van der Waals surface area contributed by atoms with Crippen molar-refractivity contribution in [2.75, 3.05) is 5.32 Å². The molecule has 0 saturated heterocycles. The van der Waals surface area contributed by atoms with Crippen LogP contribution in [0.1, 0.15) is 5.56 Å². The molecule has 1 aliphatic rings. The number of amides is 2. The van der Waals surface area contributed by atoms with E-state index in [-0.39, 0.29) is 27.9 Å². The van der Waals surface area contributed by atoms with E-state index in [1.807, 2.05) is 6.07 Å². The summed E-state index contributed by atoms with van der Waals surface area (Å²) in [6, 6.07) is 14.1. The van der Waals surface area contributed by atoms with E-state index in [2.05, 4.69) is 5.32 Å². The van der Waals surface area contributed by atoms with E-state index in [9.17, 15) is 18.0 Å². The summed E-state index contributed by atoms with van der Waals surface area (Å²) in [5.74, 6) is -1.27. The summed E-state index contributed by atoms with van der Waals surface area (Å²) in [6.07, 6.45) is 0. The van der Waals surface area contributed by atoms with Crippen molar-refractivity contribution in [2.45, 2.75) is 11.4 Å². The number of nitrogens with zero attached hydrogens (tertiary/aromatic N) is 1. The molecule has 9 heteroatoms. The Kier molecular flexibility index (Phi) is 4.82. The standard InChI is InChI=1S/C17H13ClN2O5S/c18-14-15(19-12-7-4-8-13(9-12)26(23,24)25)17(22)20(16(14)21)10-11-5-2-1-3-6-11/h1-9,19H,10H2,(H,23,24,25). The van der Waals surface area contributed by atoms with Gasteiger partial charge in [0.25, 0.3) is 21.9 Å². The van der Waals surface area contributed by atoms with Gasteiger partial charge in [-0.05, 0) is 23.8 Å². The quantitative estimate of drug-likeness (QED) is 0.598. The Morgan fingerprint density at radius 3 is 2.35 bits per heavy atom. The van der Waals surface area contributed by atoms with E-state index < -0.39 is 21.9 Å². The minimum atomic E-state index is -4.40. The van der Waals surface area contributed by atoms with Crippen LogP contribution in [0.25, 0.3) is 0 Å². The number of benzene rings is 2. The molecule has 2 N–H and O–H groups in total. The molecule has 2 aromatic carbocycles. The van der Waals surface area contributed by atoms with Crippen molar-refractivity contribution in [2.24, 2.45) is 0 Å². The van der Waals surface area contributed by atoms with Crippen LogP contribution in [0, 0.1) is 0 Å². The van der Waals surface area contributed by atoms with E-state index in [0.717, 1.165) is 16.5 Å². The highest BCUT2D eigenvalue weighted by molar-refractivity contribution is 7.85. The van der Waals surface area contributed by atoms with Gasteiger partial charge in [0, 0.05) is 5.69 Å². The smallest absolute Gasteiger partial charge is 0.294 e. The Labute approximate surface area is 154 Å². The molecule has 0 spiro atoms. The zero-order valence-electron chi connectivity index (χ0n) is 13.2. The number of rotatable bonds is 5. The second-order valence-electron chi connectivity index (χ2n) is 5.50. The fraction of sp³-hybridized carbons (Fsp3) is 0.0588. The highest BCUT2D eigenvalue weighted by atomic mass is 35.5. The molecule has 0 fully saturated rings. The Morgan fingerprint density at radius 2 is 1.69 bits per heavy atom. The van der Waals surface area contributed by atoms with Gasteiger partial charge in [0.05, 0.1) is 11.4 Å². The number of carbonyl (C=O) groups excluding carboxylic acids is 2. The van der Waals surface area contributed by atoms with Gasteiger partial charge in [-0.2, -0.15) is 8.42 Å². The van der Waals surface area contributed by atoms with E-state index in [0.29, 0.717) is 0 Å². The number of halogens is 1. The van der Waals surface area contributed by atoms with Gasteiger partial charge in [-0.1, -0.05) is 48.0 Å². The predicted octanol–water partition coefficient (Wildman–Crippen LogP) is 2.36. The fourth-order valence-corrected chi connectivity index (χ4v) is 3.20. The van der Waals surface area contributed by atoms with Gasteiger partial charge in [0.1, 0.15) is 10.7 Å². The number of anilines is 1. The molecule has 1 heterocycles. The van der Waals surface area contributed by atoms with Crippen molar-refractivity contribution in [3.8, 4) is 0 Å². The van der Waals surface area contributed by atoms with Crippen LogP contribution in [0.3, 0.4) is 0 Å². The normalized spacial score (nSPS) is 14.9. The number of carbonyl (C=O) groups is 2. The van der Waals surface area contributed by atoms with Crippen LogP contribution >= 0.6 is 11.6 Å². The third kappa shape index (κ3) is 3.62. The van der Waals surface area contributed by atoms with Crippen molar-refractivity contribution in [3.63, 3.8) is 0 Å². The monoisotopic (exact) mass is 392 g/mol. The van der Waals surface area contributed by atoms with Gasteiger partial charge >= 0.3 is 0 Å². The molecular weight excluding hydrogens is 380 g/mol. The first-order valence-electron chi connectivity index (χ1n) is 7.42. The average Bonchev–Trinajstić information content (AvgIpc) is 2.80. The topological polar surface area (TPSA) is 104 Å². The Balaban J connectivity index is 1.85. The maximum Gasteiger partial charge on any atom is 0.294 e. The minimum Gasteiger partial charge on any atom is -0.350 e. The number of hydrogen-bond acceptors (Lipinski definition) is 5. The average molecular weight is 393 g/mol. The van der Waals surface area contributed by atoms with Crippen LogP contribution in [-0.2, 0) is 26.3 Å². The molecule has 3 rings (SSSR count). The number of nitrogens with one attached hydrogen (secondary N) is 1. The summed E-state index contributed by atoms with van der Waals surface area (Å²) in [4.78, 5) is 25.5. The van der Waals surface area contributed by atoms with Crippen molar-refractivity contribution < 1.29 is 22.6 Å². The van der Waals surface area contributed by atoms with Gasteiger partial charge in [0.15, 0.2) is 0 Å². The minimum absolute atomic E-state index is 0.0605. The molecule has 0 atom stereocenters. The van der Waals surface area contributed by atoms with Gasteiger partial charge < -0.3 is 5.32 Å². The van der Waals surface area contributed by atoms with E-state index in [1.54, 1.807) is 24.3 Å². The zero-order chi connectivity index (χ0) is 18.9. The highest BCUT2D eigenvalue weighted by Crippen LogP contribution is 2.27. The third-order valence-corrected chi connectivity index (χ3v) is 4.90. The second-order valence-corrected chi connectivity index (χ2v) is 7.30. The van der Waals surface area contributed by atoms with Crippen LogP contribution in [0.5, 0.6) is 0 Å². The lowest BCUT2D eigenvalue weighted by atomic mass is 10.2. The molecule has 0 saturated carbocycles. The van der Waals surface area contributed by atoms with Crippen molar-refractivity contribution in [1.82, 2.24) is 4.90 Å². The second kappa shape index (κ2) is 6.91. The Morgan fingerprint density at radius 1 is 1.00 bits per heavy atom. The molecule has 2 amide bonds. The van der Waals surface area contributed by atoms with Crippen LogP contribution < -0.4 is 5.32 Å². The fourth-order valence-electron chi connectivity index (χ4n) is 2.44. The molecule has 26 heavy (non-hydrogen) atoms. The maximum atomic E-state index is 12.5. The Hall–Kier alpha value is -2.68. The van der Waals surface area contributed by atoms with Crippen LogP contribution in [-0.4, -0.2) is 29.7 Å². The molecule has 0 aliphatic carbocycles. The van der Waals surface area contributed by atoms with Gasteiger partial charge in [-0.25, -0.2) is 0 Å². The van der Waals surface area contributed by atoms with Gasteiger partial charge in [-0.15, -0.1) is 0 Å². The largest absolute Gasteiger partial charge is 0.350 e. The first-order chi connectivity index (χ1) is 12.3. The molecule has 7 nitrogen and oxygen atoms in total. The van der Waals surface area contributed by atoms with E-state index in [1.165, 1.54) is 18.2 Å². The number of hydrogen-bond donors (Lipinski definition) is 2. The molecular formula is C17H13ClN2O5S. The predicted molar refractivity (Wildman–Crippen MR) is 94.8 cm³/mol. The molecule has 134 valence electrons. The van der Waals surface area contributed by atoms with Crippen molar-refractivity contribution >= 4 is 39.2 Å². The molecule has 2 aromatic rings.